The van der Waals surface area contributed by atoms with Crippen molar-refractivity contribution in [3.63, 3.8) is 0 Å². The molecule has 3 aromatic rings. The number of phenolic OH excluding ortho intramolecular Hbond substituents is 1. The molecule has 0 radical (unpaired) electrons. The number of aromatic hydroxyl groups is 1. The molecule has 9 heteroatoms. The first-order valence-corrected chi connectivity index (χ1v) is 12.7. The summed E-state index contributed by atoms with van der Waals surface area (Å²) in [5, 5.41) is 20.0. The highest BCUT2D eigenvalue weighted by atomic mass is 16.5. The first kappa shape index (κ1) is 26.7. The van der Waals surface area contributed by atoms with Crippen LogP contribution in [-0.2, 0) is 12.8 Å². The van der Waals surface area contributed by atoms with Gasteiger partial charge in [-0.3, -0.25) is 0 Å². The fourth-order valence-corrected chi connectivity index (χ4v) is 4.18. The Labute approximate surface area is 222 Å². The van der Waals surface area contributed by atoms with Crippen molar-refractivity contribution < 1.29 is 29.2 Å². The number of benzene rings is 3. The van der Waals surface area contributed by atoms with E-state index in [9.17, 15) is 15.0 Å². The van der Waals surface area contributed by atoms with E-state index in [-0.39, 0.29) is 17.1 Å². The molecule has 9 nitrogen and oxygen atoms in total. The van der Waals surface area contributed by atoms with Crippen LogP contribution in [0.15, 0.2) is 60.8 Å². The van der Waals surface area contributed by atoms with Crippen molar-refractivity contribution in [2.24, 2.45) is 0 Å². The van der Waals surface area contributed by atoms with E-state index in [1.165, 1.54) is 6.07 Å². The lowest BCUT2D eigenvalue weighted by molar-refractivity contribution is 0.0694. The van der Waals surface area contributed by atoms with Gasteiger partial charge in [-0.2, -0.15) is 5.53 Å². The van der Waals surface area contributed by atoms with E-state index < -0.39 is 5.97 Å². The maximum atomic E-state index is 11.6. The second-order valence-electron chi connectivity index (χ2n) is 8.72. The summed E-state index contributed by atoms with van der Waals surface area (Å²) < 4.78 is 18.1. The first-order valence-electron chi connectivity index (χ1n) is 12.7. The number of nitrogens with one attached hydrogen (secondary N) is 3. The van der Waals surface area contributed by atoms with Gasteiger partial charge in [-0.05, 0) is 48.7 Å². The number of aryl methyl sites for hydroxylation is 1. The van der Waals surface area contributed by atoms with Gasteiger partial charge in [0, 0.05) is 29.8 Å². The molecule has 0 bridgehead atoms. The summed E-state index contributed by atoms with van der Waals surface area (Å²) in [5.41, 5.74) is 12.0. The van der Waals surface area contributed by atoms with Crippen molar-refractivity contribution in [2.45, 2.75) is 39.5 Å². The maximum absolute atomic E-state index is 11.6. The molecule has 0 spiro atoms. The van der Waals surface area contributed by atoms with Gasteiger partial charge in [-0.1, -0.05) is 38.5 Å². The molecule has 38 heavy (non-hydrogen) atoms. The predicted octanol–water partition coefficient (Wildman–Crippen LogP) is 5.16. The fraction of sp³-hybridized carbons (Fsp3) is 0.276. The summed E-state index contributed by atoms with van der Waals surface area (Å²) in [4.78, 5) is 11.6. The number of para-hydroxylation sites is 1. The normalized spacial score (nSPS) is 12.3. The highest BCUT2D eigenvalue weighted by Gasteiger charge is 2.17. The van der Waals surface area contributed by atoms with Crippen LogP contribution < -0.4 is 30.6 Å². The highest BCUT2D eigenvalue weighted by molar-refractivity contribution is 5.91. The summed E-state index contributed by atoms with van der Waals surface area (Å²) in [7, 11) is 0. The second-order valence-corrected chi connectivity index (χ2v) is 8.72. The molecular weight excluding hydrogens is 486 g/mol. The van der Waals surface area contributed by atoms with Crippen LogP contribution in [0, 0.1) is 0 Å². The molecule has 5 N–H and O–H groups in total. The average molecular weight is 520 g/mol. The number of phenols is 1. The lowest BCUT2D eigenvalue weighted by Gasteiger charge is -2.17. The van der Waals surface area contributed by atoms with Crippen molar-refractivity contribution in [3.8, 4) is 28.7 Å². The summed E-state index contributed by atoms with van der Waals surface area (Å²) in [6.45, 7) is 4.95. The molecule has 0 unspecified atom stereocenters. The van der Waals surface area contributed by atoms with Gasteiger partial charge in [0.1, 0.15) is 34.3 Å². The van der Waals surface area contributed by atoms with Crippen molar-refractivity contribution in [1.29, 1.82) is 0 Å². The molecule has 0 amide bonds. The van der Waals surface area contributed by atoms with Crippen molar-refractivity contribution in [1.82, 2.24) is 16.4 Å². The number of ether oxygens (including phenoxy) is 3. The molecule has 3 aromatic carbocycles. The number of hydrazine groups is 2. The van der Waals surface area contributed by atoms with Gasteiger partial charge in [-0.15, -0.1) is 0 Å². The van der Waals surface area contributed by atoms with Crippen molar-refractivity contribution >= 4 is 11.7 Å². The van der Waals surface area contributed by atoms with Crippen LogP contribution in [0.2, 0.25) is 0 Å². The topological polar surface area (TPSA) is 121 Å². The Morgan fingerprint density at radius 1 is 0.921 bits per heavy atom. The number of aromatic carboxylic acids is 1. The summed E-state index contributed by atoms with van der Waals surface area (Å²) >= 11 is 0. The zero-order chi connectivity index (χ0) is 26.9. The van der Waals surface area contributed by atoms with Gasteiger partial charge < -0.3 is 35.3 Å². The molecule has 1 heterocycles. The number of carbonyl (C=O) groups is 1. The molecule has 0 saturated heterocycles. The Hall–Kier alpha value is -4.37. The van der Waals surface area contributed by atoms with Crippen LogP contribution in [0.25, 0.3) is 5.70 Å². The van der Waals surface area contributed by atoms with E-state index in [1.54, 1.807) is 30.5 Å². The van der Waals surface area contributed by atoms with Gasteiger partial charge in [0.15, 0.2) is 0 Å². The van der Waals surface area contributed by atoms with Crippen LogP contribution in [0.1, 0.15) is 53.7 Å². The van der Waals surface area contributed by atoms with E-state index in [1.807, 2.05) is 31.2 Å². The van der Waals surface area contributed by atoms with Crippen molar-refractivity contribution in [2.75, 3.05) is 13.2 Å². The van der Waals surface area contributed by atoms with Gasteiger partial charge in [0.2, 0.25) is 0 Å². The van der Waals surface area contributed by atoms with Crippen LogP contribution >= 0.6 is 0 Å². The third-order valence-electron chi connectivity index (χ3n) is 6.07. The standard InChI is InChI=1S/C29H33N3O6/c1-3-9-20-25(12-7-13-26(20)38-27-11-6-5-10-21(27)29(34)35)36-14-8-15-37-28-17-24(33)22(16-19(28)4-2)23-18-30-32-31-23/h5-7,10-13,16-18,30-33H,3-4,8-9,14-15H2,1-2H3,(H,34,35). The minimum Gasteiger partial charge on any atom is -0.507 e. The van der Waals surface area contributed by atoms with Gasteiger partial charge >= 0.3 is 5.97 Å². The second kappa shape index (κ2) is 12.7. The Kier molecular flexibility index (Phi) is 8.94. The van der Waals surface area contributed by atoms with E-state index in [0.717, 1.165) is 36.1 Å². The number of rotatable bonds is 13. The van der Waals surface area contributed by atoms with Crippen LogP contribution in [0.4, 0.5) is 0 Å². The Balaban J connectivity index is 1.39. The minimum absolute atomic E-state index is 0.105. The fourth-order valence-electron chi connectivity index (χ4n) is 4.18. The molecule has 4 rings (SSSR count). The monoisotopic (exact) mass is 519 g/mol. The van der Waals surface area contributed by atoms with E-state index in [2.05, 4.69) is 23.3 Å². The third-order valence-corrected chi connectivity index (χ3v) is 6.07. The largest absolute Gasteiger partial charge is 0.507 e. The van der Waals surface area contributed by atoms with Gasteiger partial charge in [0.25, 0.3) is 0 Å². The zero-order valence-corrected chi connectivity index (χ0v) is 21.5. The Bertz CT molecular complexity index is 1310. The summed E-state index contributed by atoms with van der Waals surface area (Å²) in [6, 6.07) is 15.7. The third kappa shape index (κ3) is 6.30. The molecule has 200 valence electrons. The molecule has 0 aromatic heterocycles. The molecular formula is C29H33N3O6. The lowest BCUT2D eigenvalue weighted by atomic mass is 10.0. The number of hydrogen-bond donors (Lipinski definition) is 5. The summed E-state index contributed by atoms with van der Waals surface area (Å²) in [5.74, 6) is 1.30. The minimum atomic E-state index is -1.04. The zero-order valence-electron chi connectivity index (χ0n) is 21.5. The van der Waals surface area contributed by atoms with Gasteiger partial charge in [0.05, 0.1) is 18.9 Å². The predicted molar refractivity (Wildman–Crippen MR) is 144 cm³/mol. The number of carboxylic acid groups (broad SMARTS) is 1. The van der Waals surface area contributed by atoms with Crippen LogP contribution in [-0.4, -0.2) is 29.4 Å². The first-order chi connectivity index (χ1) is 18.5. The quantitative estimate of drug-likeness (QED) is 0.195. The van der Waals surface area contributed by atoms with E-state index in [0.29, 0.717) is 42.4 Å². The maximum Gasteiger partial charge on any atom is 0.339 e. The lowest BCUT2D eigenvalue weighted by Crippen LogP contribution is -2.31. The molecule has 0 fully saturated rings. The van der Waals surface area contributed by atoms with Gasteiger partial charge in [-0.25, -0.2) is 4.79 Å². The van der Waals surface area contributed by atoms with Crippen LogP contribution in [0.3, 0.4) is 0 Å². The molecule has 0 atom stereocenters. The highest BCUT2D eigenvalue weighted by Crippen LogP contribution is 2.35. The van der Waals surface area contributed by atoms with Crippen molar-refractivity contribution in [3.05, 3.63) is 83.1 Å². The average Bonchev–Trinajstić information content (AvgIpc) is 3.45. The number of hydrogen-bond acceptors (Lipinski definition) is 8. The molecule has 1 aliphatic heterocycles. The van der Waals surface area contributed by atoms with Crippen LogP contribution in [0.5, 0.6) is 28.7 Å². The SMILES string of the molecule is CCCc1c(OCCCOc2cc(O)c(C3=CNNN3)cc2CC)cccc1Oc1ccccc1C(=O)O. The molecule has 1 aliphatic rings. The Morgan fingerprint density at radius 3 is 2.37 bits per heavy atom. The molecule has 0 aliphatic carbocycles. The smallest absolute Gasteiger partial charge is 0.339 e. The molecule has 0 saturated carbocycles. The van der Waals surface area contributed by atoms with E-state index >= 15 is 0 Å². The van der Waals surface area contributed by atoms with E-state index in [4.69, 9.17) is 14.2 Å². The number of carboxylic acids is 1. The Morgan fingerprint density at radius 2 is 1.66 bits per heavy atom. The summed E-state index contributed by atoms with van der Waals surface area (Å²) in [6.07, 6.45) is 4.72.